The van der Waals surface area contributed by atoms with Crippen LogP contribution in [-0.4, -0.2) is 22.2 Å². The number of fused-ring (bicyclic) bond motifs is 1. The number of hydrogen-bond acceptors (Lipinski definition) is 5. The van der Waals surface area contributed by atoms with Crippen LogP contribution in [0.2, 0.25) is 0 Å². The molecule has 0 aliphatic heterocycles. The number of nitrogens with zero attached hydrogens (tertiary/aromatic N) is 3. The third-order valence-electron chi connectivity index (χ3n) is 4.79. The number of benzene rings is 2. The Kier molecular flexibility index (Phi) is 4.38. The summed E-state index contributed by atoms with van der Waals surface area (Å²) in [5.74, 6) is 1.41. The highest BCUT2D eigenvalue weighted by atomic mass is 16.5. The highest BCUT2D eigenvalue weighted by Crippen LogP contribution is 2.32. The molecule has 0 N–H and O–H groups in total. The quantitative estimate of drug-likeness (QED) is 0.470. The zero-order chi connectivity index (χ0) is 19.9. The van der Waals surface area contributed by atoms with Gasteiger partial charge in [-0.25, -0.2) is 4.98 Å². The van der Waals surface area contributed by atoms with E-state index < -0.39 is 0 Å². The molecule has 142 valence electrons. The van der Waals surface area contributed by atoms with Crippen LogP contribution in [0.4, 0.5) is 0 Å². The molecule has 0 aliphatic carbocycles. The van der Waals surface area contributed by atoms with Crippen LogP contribution in [0.15, 0.2) is 53.1 Å². The third kappa shape index (κ3) is 3.36. The molecule has 4 aromatic rings. The lowest BCUT2D eigenvalue weighted by Crippen LogP contribution is -2.10. The summed E-state index contributed by atoms with van der Waals surface area (Å²) < 4.78 is 11.0. The Morgan fingerprint density at radius 1 is 0.929 bits per heavy atom. The van der Waals surface area contributed by atoms with Crippen molar-refractivity contribution in [2.75, 3.05) is 7.11 Å². The summed E-state index contributed by atoms with van der Waals surface area (Å²) in [4.78, 5) is 9.17. The summed E-state index contributed by atoms with van der Waals surface area (Å²) in [7, 11) is 1.60. The molecule has 0 radical (unpaired) electrons. The summed E-state index contributed by atoms with van der Waals surface area (Å²) in [6.45, 7) is 8.62. The van der Waals surface area contributed by atoms with Crippen LogP contribution in [0, 0.1) is 6.92 Å². The van der Waals surface area contributed by atoms with E-state index in [1.807, 2.05) is 30.3 Å². The van der Waals surface area contributed by atoms with Gasteiger partial charge in [-0.05, 0) is 48.2 Å². The van der Waals surface area contributed by atoms with Crippen LogP contribution in [0.25, 0.3) is 33.7 Å². The summed E-state index contributed by atoms with van der Waals surface area (Å²) in [6, 6.07) is 16.3. The van der Waals surface area contributed by atoms with Crippen LogP contribution >= 0.6 is 0 Å². The standard InChI is InChI=1S/C23H23N3O2/c1-14-6-11-19-16(12-14)13-18(22(24-19)27-5)20-25-21(28-26-20)15-7-9-17(10-8-15)23(2,3)4/h6-13H,1-5H3. The van der Waals surface area contributed by atoms with E-state index in [-0.39, 0.29) is 5.41 Å². The minimum atomic E-state index is 0.0980. The zero-order valence-electron chi connectivity index (χ0n) is 16.8. The molecule has 5 heteroatoms. The van der Waals surface area contributed by atoms with E-state index in [2.05, 4.69) is 61.0 Å². The molecule has 0 aliphatic rings. The van der Waals surface area contributed by atoms with E-state index in [1.165, 1.54) is 5.56 Å². The highest BCUT2D eigenvalue weighted by Gasteiger charge is 2.18. The molecule has 2 aromatic carbocycles. The Bertz CT molecular complexity index is 1140. The number of methoxy groups -OCH3 is 1. The Hall–Kier alpha value is -3.21. The Morgan fingerprint density at radius 3 is 2.36 bits per heavy atom. The number of hydrogen-bond donors (Lipinski definition) is 0. The van der Waals surface area contributed by atoms with Gasteiger partial charge in [0.2, 0.25) is 11.7 Å². The SMILES string of the molecule is COc1nc2ccc(C)cc2cc1-c1noc(-c2ccc(C(C)(C)C)cc2)n1. The Balaban J connectivity index is 1.74. The maximum Gasteiger partial charge on any atom is 0.258 e. The van der Waals surface area contributed by atoms with Gasteiger partial charge in [-0.2, -0.15) is 4.98 Å². The second-order valence-corrected chi connectivity index (χ2v) is 7.99. The van der Waals surface area contributed by atoms with Gasteiger partial charge in [-0.15, -0.1) is 0 Å². The molecule has 2 heterocycles. The fourth-order valence-corrected chi connectivity index (χ4v) is 3.16. The first kappa shape index (κ1) is 18.2. The molecule has 0 saturated carbocycles. The summed E-state index contributed by atoms with van der Waals surface area (Å²) in [5, 5.41) is 5.18. The number of pyridine rings is 1. The predicted molar refractivity (Wildman–Crippen MR) is 110 cm³/mol. The van der Waals surface area contributed by atoms with Gasteiger partial charge in [-0.1, -0.05) is 49.7 Å². The minimum Gasteiger partial charge on any atom is -0.480 e. The molecule has 0 spiro atoms. The minimum absolute atomic E-state index is 0.0980. The van der Waals surface area contributed by atoms with Crippen molar-refractivity contribution in [1.29, 1.82) is 0 Å². The van der Waals surface area contributed by atoms with E-state index in [1.54, 1.807) is 7.11 Å². The second kappa shape index (κ2) is 6.75. The smallest absolute Gasteiger partial charge is 0.258 e. The molecule has 0 fully saturated rings. The molecule has 0 saturated heterocycles. The van der Waals surface area contributed by atoms with Gasteiger partial charge in [0.05, 0.1) is 18.2 Å². The topological polar surface area (TPSA) is 61.0 Å². The van der Waals surface area contributed by atoms with Crippen molar-refractivity contribution < 1.29 is 9.26 Å². The third-order valence-corrected chi connectivity index (χ3v) is 4.79. The van der Waals surface area contributed by atoms with Crippen molar-refractivity contribution in [3.8, 4) is 28.7 Å². The number of rotatable bonds is 3. The van der Waals surface area contributed by atoms with Crippen molar-refractivity contribution in [1.82, 2.24) is 15.1 Å². The van der Waals surface area contributed by atoms with E-state index >= 15 is 0 Å². The number of ether oxygens (including phenoxy) is 1. The van der Waals surface area contributed by atoms with Gasteiger partial charge in [-0.3, -0.25) is 0 Å². The van der Waals surface area contributed by atoms with Crippen molar-refractivity contribution in [3.05, 3.63) is 59.7 Å². The average Bonchev–Trinajstić information content (AvgIpc) is 3.16. The average molecular weight is 373 g/mol. The first-order valence-electron chi connectivity index (χ1n) is 9.25. The van der Waals surface area contributed by atoms with Gasteiger partial charge >= 0.3 is 0 Å². The lowest BCUT2D eigenvalue weighted by Gasteiger charge is -2.18. The summed E-state index contributed by atoms with van der Waals surface area (Å²) >= 11 is 0. The molecule has 28 heavy (non-hydrogen) atoms. The molecular weight excluding hydrogens is 350 g/mol. The maximum atomic E-state index is 5.52. The summed E-state index contributed by atoms with van der Waals surface area (Å²) in [6.07, 6.45) is 0. The lowest BCUT2D eigenvalue weighted by molar-refractivity contribution is 0.399. The van der Waals surface area contributed by atoms with Gasteiger partial charge in [0.25, 0.3) is 5.89 Å². The molecule has 4 rings (SSSR count). The number of aryl methyl sites for hydroxylation is 1. The van der Waals surface area contributed by atoms with Gasteiger partial charge < -0.3 is 9.26 Å². The zero-order valence-corrected chi connectivity index (χ0v) is 16.8. The second-order valence-electron chi connectivity index (χ2n) is 7.99. The number of aromatic nitrogens is 3. The molecule has 5 nitrogen and oxygen atoms in total. The van der Waals surface area contributed by atoms with Crippen molar-refractivity contribution in [2.24, 2.45) is 0 Å². The molecular formula is C23H23N3O2. The fourth-order valence-electron chi connectivity index (χ4n) is 3.16. The van der Waals surface area contributed by atoms with Gasteiger partial charge in [0.1, 0.15) is 0 Å². The van der Waals surface area contributed by atoms with Crippen LogP contribution in [-0.2, 0) is 5.41 Å². The van der Waals surface area contributed by atoms with Gasteiger partial charge in [0, 0.05) is 10.9 Å². The van der Waals surface area contributed by atoms with Crippen molar-refractivity contribution >= 4 is 10.9 Å². The molecule has 0 bridgehead atoms. The van der Waals surface area contributed by atoms with Crippen LogP contribution in [0.1, 0.15) is 31.9 Å². The normalized spacial score (nSPS) is 11.8. The van der Waals surface area contributed by atoms with Crippen LogP contribution < -0.4 is 4.74 Å². The van der Waals surface area contributed by atoms with Crippen LogP contribution in [0.5, 0.6) is 5.88 Å². The fraction of sp³-hybridized carbons (Fsp3) is 0.261. The first-order valence-corrected chi connectivity index (χ1v) is 9.25. The largest absolute Gasteiger partial charge is 0.480 e. The van der Waals surface area contributed by atoms with E-state index in [9.17, 15) is 0 Å². The highest BCUT2D eigenvalue weighted by molar-refractivity contribution is 5.85. The van der Waals surface area contributed by atoms with Crippen LogP contribution in [0.3, 0.4) is 0 Å². The lowest BCUT2D eigenvalue weighted by atomic mass is 9.87. The molecule has 0 amide bonds. The van der Waals surface area contributed by atoms with Crippen molar-refractivity contribution in [2.45, 2.75) is 33.1 Å². The van der Waals surface area contributed by atoms with Gasteiger partial charge in [0.15, 0.2) is 0 Å². The summed E-state index contributed by atoms with van der Waals surface area (Å²) in [5.41, 5.74) is 4.98. The molecule has 2 aromatic heterocycles. The monoisotopic (exact) mass is 373 g/mol. The van der Waals surface area contributed by atoms with E-state index in [4.69, 9.17) is 9.26 Å². The first-order chi connectivity index (χ1) is 13.3. The van der Waals surface area contributed by atoms with Crippen molar-refractivity contribution in [3.63, 3.8) is 0 Å². The Morgan fingerprint density at radius 2 is 1.68 bits per heavy atom. The Labute approximate surface area is 164 Å². The van der Waals surface area contributed by atoms with E-state index in [0.29, 0.717) is 23.2 Å². The molecule has 0 unspecified atom stereocenters. The maximum absolute atomic E-state index is 5.52. The predicted octanol–water partition coefficient (Wildman–Crippen LogP) is 5.57. The van der Waals surface area contributed by atoms with E-state index in [0.717, 1.165) is 22.0 Å². The molecule has 0 atom stereocenters.